The van der Waals surface area contributed by atoms with Crippen molar-refractivity contribution in [2.45, 2.75) is 38.8 Å². The van der Waals surface area contributed by atoms with Gasteiger partial charge in [-0.25, -0.2) is 0 Å². The third-order valence-corrected chi connectivity index (χ3v) is 2.58. The molecule has 80 valence electrons. The molecule has 0 saturated carbocycles. The van der Waals surface area contributed by atoms with E-state index in [1.807, 2.05) is 13.8 Å². The van der Waals surface area contributed by atoms with Crippen molar-refractivity contribution in [1.82, 2.24) is 5.32 Å². The standard InChI is InChI=1S/C10H17NO3/c1-3-8(9(12)13)4-5-10(2)11-6-7-14-10/h6-8,11H,3-5H2,1-2H3,(H,12,13)/p-1. The Morgan fingerprint density at radius 1 is 1.71 bits per heavy atom. The fourth-order valence-electron chi connectivity index (χ4n) is 1.50. The average molecular weight is 198 g/mol. The molecular weight excluding hydrogens is 182 g/mol. The largest absolute Gasteiger partial charge is 0.550 e. The maximum absolute atomic E-state index is 10.7. The minimum absolute atomic E-state index is 0.377. The van der Waals surface area contributed by atoms with Crippen molar-refractivity contribution in [3.63, 3.8) is 0 Å². The fraction of sp³-hybridized carbons (Fsp3) is 0.700. The van der Waals surface area contributed by atoms with E-state index in [1.54, 1.807) is 12.5 Å². The van der Waals surface area contributed by atoms with Crippen molar-refractivity contribution in [3.8, 4) is 0 Å². The Bertz CT molecular complexity index is 230. The summed E-state index contributed by atoms with van der Waals surface area (Å²) >= 11 is 0. The highest BCUT2D eigenvalue weighted by Crippen LogP contribution is 2.22. The van der Waals surface area contributed by atoms with Gasteiger partial charge in [-0.05, 0) is 25.7 Å². The number of ether oxygens (including phenoxy) is 1. The summed E-state index contributed by atoms with van der Waals surface area (Å²) in [7, 11) is 0. The lowest BCUT2D eigenvalue weighted by Crippen LogP contribution is -2.39. The van der Waals surface area contributed by atoms with Gasteiger partial charge in [0, 0.05) is 18.6 Å². The predicted octanol–water partition coefficient (Wildman–Crippen LogP) is 0.350. The molecule has 1 aliphatic heterocycles. The molecule has 14 heavy (non-hydrogen) atoms. The zero-order valence-electron chi connectivity index (χ0n) is 8.58. The van der Waals surface area contributed by atoms with E-state index in [0.29, 0.717) is 19.3 Å². The fourth-order valence-corrected chi connectivity index (χ4v) is 1.50. The summed E-state index contributed by atoms with van der Waals surface area (Å²) in [6.07, 6.45) is 5.14. The van der Waals surface area contributed by atoms with Crippen molar-refractivity contribution >= 4 is 5.97 Å². The van der Waals surface area contributed by atoms with Gasteiger partial charge >= 0.3 is 0 Å². The molecule has 0 spiro atoms. The molecule has 0 saturated heterocycles. The molecule has 1 heterocycles. The van der Waals surface area contributed by atoms with E-state index >= 15 is 0 Å². The zero-order valence-corrected chi connectivity index (χ0v) is 8.58. The van der Waals surface area contributed by atoms with E-state index in [1.165, 1.54) is 0 Å². The summed E-state index contributed by atoms with van der Waals surface area (Å²) < 4.78 is 5.31. The monoisotopic (exact) mass is 198 g/mol. The van der Waals surface area contributed by atoms with Crippen molar-refractivity contribution in [1.29, 1.82) is 0 Å². The van der Waals surface area contributed by atoms with Crippen LogP contribution in [0.25, 0.3) is 0 Å². The quantitative estimate of drug-likeness (QED) is 0.692. The minimum Gasteiger partial charge on any atom is -0.550 e. The maximum atomic E-state index is 10.7. The number of nitrogens with one attached hydrogen (secondary N) is 1. The smallest absolute Gasteiger partial charge is 0.176 e. The summed E-state index contributed by atoms with van der Waals surface area (Å²) in [5.41, 5.74) is -0.442. The highest BCUT2D eigenvalue weighted by molar-refractivity contribution is 5.67. The van der Waals surface area contributed by atoms with Crippen LogP contribution in [0.5, 0.6) is 0 Å². The van der Waals surface area contributed by atoms with Gasteiger partial charge < -0.3 is 20.0 Å². The van der Waals surface area contributed by atoms with E-state index < -0.39 is 11.7 Å². The molecule has 4 heteroatoms. The highest BCUT2D eigenvalue weighted by atomic mass is 16.5. The van der Waals surface area contributed by atoms with Gasteiger partial charge in [0.1, 0.15) is 6.26 Å². The Kier molecular flexibility index (Phi) is 3.38. The second-order valence-electron chi connectivity index (χ2n) is 3.76. The van der Waals surface area contributed by atoms with Crippen LogP contribution < -0.4 is 10.4 Å². The van der Waals surface area contributed by atoms with Crippen LogP contribution in [-0.4, -0.2) is 11.7 Å². The zero-order chi connectivity index (χ0) is 10.6. The summed E-state index contributed by atoms with van der Waals surface area (Å²) in [6.45, 7) is 3.75. The molecule has 0 bridgehead atoms. The number of hydrogen-bond acceptors (Lipinski definition) is 4. The van der Waals surface area contributed by atoms with Gasteiger partial charge in [-0.15, -0.1) is 0 Å². The van der Waals surface area contributed by atoms with Crippen LogP contribution in [-0.2, 0) is 9.53 Å². The molecule has 0 aromatic heterocycles. The van der Waals surface area contributed by atoms with Crippen LogP contribution in [0.15, 0.2) is 12.5 Å². The molecule has 2 atom stereocenters. The Morgan fingerprint density at radius 2 is 2.43 bits per heavy atom. The van der Waals surface area contributed by atoms with E-state index in [-0.39, 0.29) is 5.92 Å². The van der Waals surface area contributed by atoms with Crippen LogP contribution in [0.3, 0.4) is 0 Å². The van der Waals surface area contributed by atoms with Gasteiger partial charge in [-0.3, -0.25) is 0 Å². The van der Waals surface area contributed by atoms with Crippen LogP contribution in [0.1, 0.15) is 33.1 Å². The topological polar surface area (TPSA) is 61.4 Å². The van der Waals surface area contributed by atoms with Gasteiger partial charge in [0.15, 0.2) is 5.72 Å². The lowest BCUT2D eigenvalue weighted by Gasteiger charge is -2.26. The van der Waals surface area contributed by atoms with E-state index in [9.17, 15) is 9.90 Å². The van der Waals surface area contributed by atoms with Crippen LogP contribution in [0.2, 0.25) is 0 Å². The Balaban J connectivity index is 2.35. The minimum atomic E-state index is -0.970. The van der Waals surface area contributed by atoms with Gasteiger partial charge in [0.2, 0.25) is 0 Å². The van der Waals surface area contributed by atoms with Gasteiger partial charge in [0.25, 0.3) is 0 Å². The Hall–Kier alpha value is -1.19. The van der Waals surface area contributed by atoms with Gasteiger partial charge in [0.05, 0.1) is 0 Å². The van der Waals surface area contributed by atoms with Gasteiger partial charge in [-0.1, -0.05) is 6.92 Å². The average Bonchev–Trinajstić information content (AvgIpc) is 2.53. The first-order valence-corrected chi connectivity index (χ1v) is 4.89. The Labute approximate surface area is 83.9 Å². The molecular formula is C10H16NO3-. The number of carbonyl (C=O) groups excluding carboxylic acids is 1. The van der Waals surface area contributed by atoms with Gasteiger partial charge in [-0.2, -0.15) is 0 Å². The number of hydrogen-bond donors (Lipinski definition) is 1. The van der Waals surface area contributed by atoms with Crippen molar-refractivity contribution in [2.75, 3.05) is 0 Å². The summed E-state index contributed by atoms with van der Waals surface area (Å²) in [5, 5.41) is 13.7. The molecule has 0 aliphatic carbocycles. The molecule has 4 nitrogen and oxygen atoms in total. The van der Waals surface area contributed by atoms with Crippen LogP contribution >= 0.6 is 0 Å². The van der Waals surface area contributed by atoms with Crippen molar-refractivity contribution < 1.29 is 14.6 Å². The number of carboxylic acid groups (broad SMARTS) is 1. The summed E-state index contributed by atoms with van der Waals surface area (Å²) in [5.74, 6) is -1.35. The lowest BCUT2D eigenvalue weighted by molar-refractivity contribution is -0.312. The maximum Gasteiger partial charge on any atom is 0.176 e. The first-order chi connectivity index (χ1) is 6.57. The normalized spacial score (nSPS) is 26.7. The predicted molar refractivity (Wildman–Crippen MR) is 49.8 cm³/mol. The molecule has 0 fully saturated rings. The molecule has 0 radical (unpaired) electrons. The van der Waals surface area contributed by atoms with Crippen LogP contribution in [0, 0.1) is 5.92 Å². The number of carbonyl (C=O) groups is 1. The SMILES string of the molecule is CCC(CCC1(C)NC=CO1)C(=O)[O-]. The van der Waals surface area contributed by atoms with E-state index in [0.717, 1.165) is 0 Å². The molecule has 0 aromatic carbocycles. The first kappa shape index (κ1) is 10.9. The third kappa shape index (κ3) is 2.65. The molecule has 1 rings (SSSR count). The Morgan fingerprint density at radius 3 is 2.86 bits per heavy atom. The molecule has 1 N–H and O–H groups in total. The first-order valence-electron chi connectivity index (χ1n) is 4.89. The molecule has 0 aromatic rings. The lowest BCUT2D eigenvalue weighted by atomic mass is 9.96. The molecule has 2 unspecified atom stereocenters. The third-order valence-electron chi connectivity index (χ3n) is 2.58. The number of carboxylic acids is 1. The van der Waals surface area contributed by atoms with E-state index in [2.05, 4.69) is 5.32 Å². The van der Waals surface area contributed by atoms with Crippen molar-refractivity contribution in [2.24, 2.45) is 5.92 Å². The van der Waals surface area contributed by atoms with Crippen molar-refractivity contribution in [3.05, 3.63) is 12.5 Å². The van der Waals surface area contributed by atoms with Crippen LogP contribution in [0.4, 0.5) is 0 Å². The summed E-state index contributed by atoms with van der Waals surface area (Å²) in [4.78, 5) is 10.7. The number of aliphatic carboxylic acids is 1. The second-order valence-corrected chi connectivity index (χ2v) is 3.76. The number of rotatable bonds is 5. The summed E-state index contributed by atoms with van der Waals surface area (Å²) in [6, 6.07) is 0. The molecule has 0 amide bonds. The molecule has 1 aliphatic rings. The highest BCUT2D eigenvalue weighted by Gasteiger charge is 2.27. The second kappa shape index (κ2) is 4.35. The van der Waals surface area contributed by atoms with E-state index in [4.69, 9.17) is 4.74 Å².